The zero-order chi connectivity index (χ0) is 15.3. The van der Waals surface area contributed by atoms with Gasteiger partial charge in [-0.05, 0) is 31.2 Å². The molecule has 2 heterocycles. The lowest BCUT2D eigenvalue weighted by atomic mass is 10.0. The number of rotatable bonds is 8. The average Bonchev–Trinajstić information content (AvgIpc) is 3.08. The molecule has 2 rings (SSSR count). The number of halogens is 2. The molecule has 116 valence electrons. The van der Waals surface area contributed by atoms with Crippen LogP contribution in [-0.2, 0) is 17.9 Å². The SMILES string of the molecule is CC(O)(CNCc1ccc(CSC(F)F)o1)c1ccco1. The molecular weight excluding hydrogens is 300 g/mol. The van der Waals surface area contributed by atoms with Crippen molar-refractivity contribution in [2.24, 2.45) is 0 Å². The molecule has 0 radical (unpaired) electrons. The van der Waals surface area contributed by atoms with Gasteiger partial charge in [0.15, 0.2) is 0 Å². The minimum atomic E-state index is -2.40. The Morgan fingerprint density at radius 1 is 1.33 bits per heavy atom. The lowest BCUT2D eigenvalue weighted by molar-refractivity contribution is 0.0336. The van der Waals surface area contributed by atoms with E-state index >= 15 is 0 Å². The van der Waals surface area contributed by atoms with E-state index in [1.165, 1.54) is 6.26 Å². The molecule has 7 heteroatoms. The zero-order valence-corrected chi connectivity index (χ0v) is 12.3. The largest absolute Gasteiger partial charge is 0.466 e. The fourth-order valence-electron chi connectivity index (χ4n) is 1.84. The third-order valence-electron chi connectivity index (χ3n) is 2.89. The number of nitrogens with one attached hydrogen (secondary N) is 1. The molecule has 1 unspecified atom stereocenters. The van der Waals surface area contributed by atoms with Crippen LogP contribution in [0.5, 0.6) is 0 Å². The molecule has 0 aliphatic carbocycles. The average molecular weight is 317 g/mol. The Labute approximate surface area is 125 Å². The third kappa shape index (κ3) is 4.87. The van der Waals surface area contributed by atoms with Crippen molar-refractivity contribution >= 4 is 11.8 Å². The lowest BCUT2D eigenvalue weighted by Gasteiger charge is -2.20. The van der Waals surface area contributed by atoms with Gasteiger partial charge in [0, 0.05) is 6.54 Å². The summed E-state index contributed by atoms with van der Waals surface area (Å²) in [4.78, 5) is 0. The van der Waals surface area contributed by atoms with Gasteiger partial charge in [-0.3, -0.25) is 0 Å². The number of aliphatic hydroxyl groups is 1. The van der Waals surface area contributed by atoms with E-state index in [-0.39, 0.29) is 12.3 Å². The predicted molar refractivity (Wildman–Crippen MR) is 76.0 cm³/mol. The van der Waals surface area contributed by atoms with E-state index in [0.29, 0.717) is 35.6 Å². The van der Waals surface area contributed by atoms with Crippen LogP contribution in [0.15, 0.2) is 39.4 Å². The van der Waals surface area contributed by atoms with Gasteiger partial charge < -0.3 is 19.3 Å². The molecule has 1 atom stereocenters. The highest BCUT2D eigenvalue weighted by Crippen LogP contribution is 2.22. The van der Waals surface area contributed by atoms with E-state index < -0.39 is 11.4 Å². The first kappa shape index (κ1) is 16.1. The van der Waals surface area contributed by atoms with Crippen LogP contribution in [0.2, 0.25) is 0 Å². The van der Waals surface area contributed by atoms with Crippen molar-refractivity contribution in [2.75, 3.05) is 6.54 Å². The summed E-state index contributed by atoms with van der Waals surface area (Å²) < 4.78 is 34.7. The molecule has 0 spiro atoms. The smallest absolute Gasteiger partial charge is 0.284 e. The molecule has 0 aromatic carbocycles. The Bertz CT molecular complexity index is 540. The van der Waals surface area contributed by atoms with E-state index in [9.17, 15) is 13.9 Å². The summed E-state index contributed by atoms with van der Waals surface area (Å²) >= 11 is 0.524. The summed E-state index contributed by atoms with van der Waals surface area (Å²) in [5.41, 5.74) is -1.12. The van der Waals surface area contributed by atoms with E-state index in [2.05, 4.69) is 5.32 Å². The van der Waals surface area contributed by atoms with Crippen LogP contribution >= 0.6 is 11.8 Å². The van der Waals surface area contributed by atoms with Gasteiger partial charge in [-0.1, -0.05) is 11.8 Å². The van der Waals surface area contributed by atoms with Gasteiger partial charge in [0.1, 0.15) is 22.9 Å². The van der Waals surface area contributed by atoms with Crippen molar-refractivity contribution in [1.82, 2.24) is 5.32 Å². The molecule has 2 N–H and O–H groups in total. The summed E-state index contributed by atoms with van der Waals surface area (Å²) in [5, 5.41) is 13.3. The Hall–Kier alpha value is -1.31. The van der Waals surface area contributed by atoms with Crippen LogP contribution < -0.4 is 5.32 Å². The second kappa shape index (κ2) is 7.11. The molecule has 21 heavy (non-hydrogen) atoms. The number of hydrogen-bond acceptors (Lipinski definition) is 5. The molecule has 0 aliphatic heterocycles. The maximum atomic E-state index is 12.1. The Kier molecular flexibility index (Phi) is 5.44. The van der Waals surface area contributed by atoms with Gasteiger partial charge in [-0.2, -0.15) is 8.78 Å². The van der Waals surface area contributed by atoms with E-state index in [0.717, 1.165) is 0 Å². The first-order valence-corrected chi connectivity index (χ1v) is 7.47. The standard InChI is InChI=1S/C14H17F2NO3S/c1-14(18,12-3-2-6-19-12)9-17-7-10-4-5-11(20-10)8-21-13(15)16/h2-6,13,17-18H,7-9H2,1H3. The summed E-state index contributed by atoms with van der Waals surface area (Å²) in [6, 6.07) is 6.82. The molecule has 2 aromatic rings. The molecular formula is C14H17F2NO3S. The number of hydrogen-bond donors (Lipinski definition) is 2. The summed E-state index contributed by atoms with van der Waals surface area (Å²) in [5.74, 6) is -0.643. The van der Waals surface area contributed by atoms with Crippen LogP contribution in [0.1, 0.15) is 24.2 Å². The highest BCUT2D eigenvalue weighted by molar-refractivity contribution is 7.98. The van der Waals surface area contributed by atoms with Crippen molar-refractivity contribution in [3.63, 3.8) is 0 Å². The van der Waals surface area contributed by atoms with Crippen LogP contribution in [0, 0.1) is 0 Å². The van der Waals surface area contributed by atoms with Crippen molar-refractivity contribution in [1.29, 1.82) is 0 Å². The fourth-order valence-corrected chi connectivity index (χ4v) is 2.29. The van der Waals surface area contributed by atoms with Gasteiger partial charge in [0.25, 0.3) is 5.76 Å². The van der Waals surface area contributed by atoms with Gasteiger partial charge in [0.05, 0.1) is 18.6 Å². The van der Waals surface area contributed by atoms with Gasteiger partial charge in [0.2, 0.25) is 0 Å². The zero-order valence-electron chi connectivity index (χ0n) is 11.5. The van der Waals surface area contributed by atoms with Crippen LogP contribution in [0.3, 0.4) is 0 Å². The molecule has 4 nitrogen and oxygen atoms in total. The van der Waals surface area contributed by atoms with Crippen molar-refractivity contribution < 1.29 is 22.7 Å². The third-order valence-corrected chi connectivity index (χ3v) is 3.59. The number of alkyl halides is 2. The second-order valence-electron chi connectivity index (χ2n) is 4.79. The summed E-state index contributed by atoms with van der Waals surface area (Å²) in [7, 11) is 0. The molecule has 0 saturated carbocycles. The van der Waals surface area contributed by atoms with Crippen LogP contribution in [-0.4, -0.2) is 17.4 Å². The topological polar surface area (TPSA) is 58.5 Å². The molecule has 0 saturated heterocycles. The van der Waals surface area contributed by atoms with Crippen molar-refractivity contribution in [3.8, 4) is 0 Å². The minimum Gasteiger partial charge on any atom is -0.466 e. The van der Waals surface area contributed by atoms with Crippen LogP contribution in [0.25, 0.3) is 0 Å². The van der Waals surface area contributed by atoms with Gasteiger partial charge in [-0.15, -0.1) is 0 Å². The Morgan fingerprint density at radius 3 is 2.76 bits per heavy atom. The Balaban J connectivity index is 1.78. The lowest BCUT2D eigenvalue weighted by Crippen LogP contribution is -2.34. The minimum absolute atomic E-state index is 0.141. The highest BCUT2D eigenvalue weighted by Gasteiger charge is 2.25. The fraction of sp³-hybridized carbons (Fsp3) is 0.429. The predicted octanol–water partition coefficient (Wildman–Crippen LogP) is 3.33. The van der Waals surface area contributed by atoms with E-state index in [1.807, 2.05) is 0 Å². The molecule has 0 amide bonds. The van der Waals surface area contributed by atoms with Crippen molar-refractivity contribution in [3.05, 3.63) is 47.8 Å². The monoisotopic (exact) mass is 317 g/mol. The number of furan rings is 2. The summed E-state index contributed by atoms with van der Waals surface area (Å²) in [6.07, 6.45) is 1.50. The molecule has 0 fully saturated rings. The molecule has 0 aliphatic rings. The highest BCUT2D eigenvalue weighted by atomic mass is 32.2. The van der Waals surface area contributed by atoms with Crippen LogP contribution in [0.4, 0.5) is 8.78 Å². The molecule has 0 bridgehead atoms. The normalized spacial score (nSPS) is 14.5. The first-order chi connectivity index (χ1) is 9.97. The molecule has 2 aromatic heterocycles. The quantitative estimate of drug-likeness (QED) is 0.782. The summed E-state index contributed by atoms with van der Waals surface area (Å²) in [6.45, 7) is 2.32. The Morgan fingerprint density at radius 2 is 2.10 bits per heavy atom. The number of thioether (sulfide) groups is 1. The maximum Gasteiger partial charge on any atom is 0.284 e. The first-order valence-electron chi connectivity index (χ1n) is 6.42. The van der Waals surface area contributed by atoms with Gasteiger partial charge >= 0.3 is 0 Å². The van der Waals surface area contributed by atoms with Gasteiger partial charge in [-0.25, -0.2) is 0 Å². The second-order valence-corrected chi connectivity index (χ2v) is 5.77. The van der Waals surface area contributed by atoms with Crippen molar-refractivity contribution in [2.45, 2.75) is 30.6 Å². The van der Waals surface area contributed by atoms with E-state index in [1.54, 1.807) is 31.2 Å². The van der Waals surface area contributed by atoms with E-state index in [4.69, 9.17) is 8.83 Å². The maximum absolute atomic E-state index is 12.1.